The maximum Gasteiger partial charge on any atom is 0.273 e. The molecule has 1 aliphatic rings. The average Bonchev–Trinajstić information content (AvgIpc) is 3.06. The van der Waals surface area contributed by atoms with Crippen LogP contribution in [-0.4, -0.2) is 48.5 Å². The average molecular weight is 425 g/mol. The van der Waals surface area contributed by atoms with Gasteiger partial charge in [-0.2, -0.15) is 0 Å². The summed E-state index contributed by atoms with van der Waals surface area (Å²) in [5.74, 6) is -1.06. The second-order valence-corrected chi connectivity index (χ2v) is 6.48. The molecule has 1 aromatic heterocycles. The molecule has 0 radical (unpaired) electrons. The van der Waals surface area contributed by atoms with Crippen molar-refractivity contribution < 1.29 is 13.6 Å². The third kappa shape index (κ3) is 5.03. The Kier molecular flexibility index (Phi) is 8.69. The molecule has 3 rings (SSSR count). The molecule has 5 nitrogen and oxygen atoms in total. The van der Waals surface area contributed by atoms with Crippen LogP contribution in [0.25, 0.3) is 0 Å². The predicted octanol–water partition coefficient (Wildman–Crippen LogP) is 2.73. The highest BCUT2D eigenvalue weighted by Crippen LogP contribution is 2.22. The molecule has 144 valence electrons. The van der Waals surface area contributed by atoms with Crippen molar-refractivity contribution in [3.8, 4) is 0 Å². The van der Waals surface area contributed by atoms with Crippen LogP contribution in [0.3, 0.4) is 0 Å². The highest BCUT2D eigenvalue weighted by Gasteiger charge is 2.25. The Morgan fingerprint density at radius 2 is 1.88 bits per heavy atom. The molecule has 0 aliphatic carbocycles. The second-order valence-electron chi connectivity index (χ2n) is 5.54. The number of nitrogens with two attached hydrogens (primary N) is 1. The van der Waals surface area contributed by atoms with Crippen LogP contribution in [0.15, 0.2) is 23.6 Å². The number of halogens is 4. The van der Waals surface area contributed by atoms with Gasteiger partial charge in [-0.3, -0.25) is 4.79 Å². The second kappa shape index (κ2) is 10.0. The smallest absolute Gasteiger partial charge is 0.273 e. The van der Waals surface area contributed by atoms with Gasteiger partial charge >= 0.3 is 0 Å². The summed E-state index contributed by atoms with van der Waals surface area (Å²) in [6, 6.07) is 3.41. The van der Waals surface area contributed by atoms with Crippen LogP contribution in [0.2, 0.25) is 0 Å². The van der Waals surface area contributed by atoms with E-state index in [9.17, 15) is 13.6 Å². The molecule has 26 heavy (non-hydrogen) atoms. The van der Waals surface area contributed by atoms with Gasteiger partial charge < -0.3 is 15.5 Å². The molecule has 2 heterocycles. The number of piperazine rings is 1. The molecule has 1 fully saturated rings. The summed E-state index contributed by atoms with van der Waals surface area (Å²) in [7, 11) is 0. The summed E-state index contributed by atoms with van der Waals surface area (Å²) in [6.07, 6.45) is 0.657. The van der Waals surface area contributed by atoms with E-state index in [1.807, 2.05) is 0 Å². The van der Waals surface area contributed by atoms with Gasteiger partial charge in [-0.25, -0.2) is 13.8 Å². The molecule has 1 amide bonds. The monoisotopic (exact) mass is 424 g/mol. The van der Waals surface area contributed by atoms with Crippen molar-refractivity contribution in [1.29, 1.82) is 0 Å². The van der Waals surface area contributed by atoms with Gasteiger partial charge in [-0.15, -0.1) is 36.2 Å². The molecule has 1 aliphatic heterocycles. The summed E-state index contributed by atoms with van der Waals surface area (Å²) >= 11 is 1.43. The first kappa shape index (κ1) is 22.6. The minimum Gasteiger partial charge on any atom is -0.366 e. The van der Waals surface area contributed by atoms with E-state index in [2.05, 4.69) is 4.98 Å². The van der Waals surface area contributed by atoms with E-state index in [0.29, 0.717) is 44.8 Å². The fourth-order valence-electron chi connectivity index (χ4n) is 2.69. The van der Waals surface area contributed by atoms with Gasteiger partial charge in [-0.05, 0) is 18.7 Å². The zero-order valence-corrected chi connectivity index (χ0v) is 16.3. The van der Waals surface area contributed by atoms with Crippen molar-refractivity contribution in [3.63, 3.8) is 0 Å². The SMILES string of the molecule is Cl.Cl.NCCc1nc(C(=O)N2CCN(c3cc(F)ccc3F)CC2)cs1. The lowest BCUT2D eigenvalue weighted by atomic mass is 10.2. The third-order valence-corrected chi connectivity index (χ3v) is 4.85. The van der Waals surface area contributed by atoms with Crippen LogP contribution in [0.4, 0.5) is 14.5 Å². The molecule has 2 N–H and O–H groups in total. The van der Waals surface area contributed by atoms with E-state index in [-0.39, 0.29) is 36.4 Å². The van der Waals surface area contributed by atoms with E-state index in [1.165, 1.54) is 17.4 Å². The first-order valence-corrected chi connectivity index (χ1v) is 8.60. The normalized spacial score (nSPS) is 13.8. The van der Waals surface area contributed by atoms with Crippen molar-refractivity contribution in [2.24, 2.45) is 5.73 Å². The lowest BCUT2D eigenvalue weighted by Gasteiger charge is -2.35. The fourth-order valence-corrected chi connectivity index (χ4v) is 3.48. The number of amides is 1. The van der Waals surface area contributed by atoms with E-state index in [0.717, 1.165) is 17.1 Å². The van der Waals surface area contributed by atoms with Crippen molar-refractivity contribution in [2.45, 2.75) is 6.42 Å². The summed E-state index contributed by atoms with van der Waals surface area (Å²) in [4.78, 5) is 20.2. The number of benzene rings is 1. The van der Waals surface area contributed by atoms with Crippen molar-refractivity contribution in [3.05, 3.63) is 45.9 Å². The summed E-state index contributed by atoms with van der Waals surface area (Å²) < 4.78 is 27.2. The molecule has 1 aromatic carbocycles. The molecular weight excluding hydrogens is 405 g/mol. The van der Waals surface area contributed by atoms with E-state index >= 15 is 0 Å². The largest absolute Gasteiger partial charge is 0.366 e. The minimum atomic E-state index is -0.472. The highest BCUT2D eigenvalue weighted by molar-refractivity contribution is 7.09. The van der Waals surface area contributed by atoms with Crippen molar-refractivity contribution >= 4 is 47.7 Å². The molecule has 0 saturated carbocycles. The van der Waals surface area contributed by atoms with Gasteiger partial charge in [0.25, 0.3) is 5.91 Å². The summed E-state index contributed by atoms with van der Waals surface area (Å²) in [6.45, 7) is 2.29. The Labute approximate surface area is 167 Å². The molecular formula is C16H20Cl2F2N4OS. The van der Waals surface area contributed by atoms with Crippen LogP contribution in [0, 0.1) is 11.6 Å². The number of thiazole rings is 1. The molecule has 1 saturated heterocycles. The van der Waals surface area contributed by atoms with Gasteiger partial charge in [0.2, 0.25) is 0 Å². The summed E-state index contributed by atoms with van der Waals surface area (Å²) in [5, 5.41) is 2.59. The number of nitrogens with zero attached hydrogens (tertiary/aromatic N) is 3. The zero-order valence-electron chi connectivity index (χ0n) is 13.9. The van der Waals surface area contributed by atoms with Crippen LogP contribution < -0.4 is 10.6 Å². The molecule has 0 bridgehead atoms. The molecule has 0 atom stereocenters. The van der Waals surface area contributed by atoms with Crippen LogP contribution in [0.1, 0.15) is 15.5 Å². The number of carbonyl (C=O) groups excluding carboxylic acids is 1. The first-order valence-electron chi connectivity index (χ1n) is 7.72. The third-order valence-electron chi connectivity index (χ3n) is 3.94. The van der Waals surface area contributed by atoms with Gasteiger partial charge in [0.15, 0.2) is 0 Å². The Balaban J connectivity index is 0.00000169. The highest BCUT2D eigenvalue weighted by atomic mass is 35.5. The molecule has 10 heteroatoms. The topological polar surface area (TPSA) is 62.5 Å². The van der Waals surface area contributed by atoms with Crippen LogP contribution in [-0.2, 0) is 6.42 Å². The van der Waals surface area contributed by atoms with Crippen LogP contribution in [0.5, 0.6) is 0 Å². The molecule has 0 unspecified atom stereocenters. The van der Waals surface area contributed by atoms with E-state index in [4.69, 9.17) is 5.73 Å². The Bertz CT molecular complexity index is 739. The van der Waals surface area contributed by atoms with Gasteiger partial charge in [0.1, 0.15) is 17.3 Å². The Morgan fingerprint density at radius 1 is 1.19 bits per heavy atom. The first-order chi connectivity index (χ1) is 11.6. The lowest BCUT2D eigenvalue weighted by Crippen LogP contribution is -2.49. The maximum atomic E-state index is 13.8. The van der Waals surface area contributed by atoms with Crippen LogP contribution >= 0.6 is 36.2 Å². The summed E-state index contributed by atoms with van der Waals surface area (Å²) in [5.41, 5.74) is 6.15. The minimum absolute atomic E-state index is 0. The Hall–Kier alpha value is -1.48. The maximum absolute atomic E-state index is 13.8. The van der Waals surface area contributed by atoms with E-state index < -0.39 is 11.6 Å². The van der Waals surface area contributed by atoms with Crippen molar-refractivity contribution in [1.82, 2.24) is 9.88 Å². The number of carbonyl (C=O) groups is 1. The molecule has 2 aromatic rings. The molecule has 0 spiro atoms. The Morgan fingerprint density at radius 3 is 2.54 bits per heavy atom. The number of aromatic nitrogens is 1. The van der Waals surface area contributed by atoms with Crippen molar-refractivity contribution in [2.75, 3.05) is 37.6 Å². The number of hydrogen-bond donors (Lipinski definition) is 1. The lowest BCUT2D eigenvalue weighted by molar-refractivity contribution is 0.0741. The number of hydrogen-bond acceptors (Lipinski definition) is 5. The van der Waals surface area contributed by atoms with Gasteiger partial charge in [0, 0.05) is 44.0 Å². The van der Waals surface area contributed by atoms with Gasteiger partial charge in [0.05, 0.1) is 10.7 Å². The quantitative estimate of drug-likeness (QED) is 0.819. The zero-order chi connectivity index (χ0) is 17.1. The predicted molar refractivity (Wildman–Crippen MR) is 104 cm³/mol. The fraction of sp³-hybridized carbons (Fsp3) is 0.375. The van der Waals surface area contributed by atoms with E-state index in [1.54, 1.807) is 15.2 Å². The standard InChI is InChI=1S/C16H18F2N4OS.2ClH/c17-11-1-2-12(18)14(9-11)21-5-7-22(8-6-21)16(23)13-10-24-15(20-13)3-4-19;;/h1-2,9-10H,3-8,19H2;2*1H. The van der Waals surface area contributed by atoms with Gasteiger partial charge in [-0.1, -0.05) is 0 Å². The number of rotatable bonds is 4. The number of anilines is 1.